The lowest BCUT2D eigenvalue weighted by Crippen LogP contribution is -2.39. The Labute approximate surface area is 161 Å². The maximum atomic E-state index is 12.2. The number of ether oxygens (including phenoxy) is 1. The van der Waals surface area contributed by atoms with Crippen LogP contribution < -0.4 is 14.4 Å². The van der Waals surface area contributed by atoms with Crippen LogP contribution in [0.4, 0.5) is 5.69 Å². The number of nitrogens with zero attached hydrogens (tertiary/aromatic N) is 1. The summed E-state index contributed by atoms with van der Waals surface area (Å²) in [6.45, 7) is 6.03. The first kappa shape index (κ1) is 20.8. The van der Waals surface area contributed by atoms with Crippen LogP contribution in [0.2, 0.25) is 0 Å². The summed E-state index contributed by atoms with van der Waals surface area (Å²) < 4.78 is 31.0. The van der Waals surface area contributed by atoms with Crippen molar-refractivity contribution in [1.82, 2.24) is 5.32 Å². The number of anilines is 1. The summed E-state index contributed by atoms with van der Waals surface area (Å²) >= 11 is 0. The van der Waals surface area contributed by atoms with Crippen molar-refractivity contribution < 1.29 is 17.9 Å². The molecule has 0 bridgehead atoms. The molecule has 0 aliphatic rings. The highest BCUT2D eigenvalue weighted by molar-refractivity contribution is 7.92. The number of nitrogens with one attached hydrogen (secondary N) is 1. The van der Waals surface area contributed by atoms with Gasteiger partial charge in [-0.2, -0.15) is 0 Å². The standard InChI is InChI=1S/C20H26N2O4S/c1-15-5-7-19(8-6-15)26-14-20(23)21-9-10-22(27(4,24)25)18-12-16(2)11-17(3)13-18/h5-8,11-13H,9-10,14H2,1-4H3,(H,21,23). The van der Waals surface area contributed by atoms with E-state index in [1.54, 1.807) is 12.1 Å². The Morgan fingerprint density at radius 3 is 2.15 bits per heavy atom. The van der Waals surface area contributed by atoms with Crippen molar-refractivity contribution in [2.24, 2.45) is 0 Å². The number of hydrogen-bond donors (Lipinski definition) is 1. The van der Waals surface area contributed by atoms with E-state index in [0.29, 0.717) is 11.4 Å². The number of hydrogen-bond acceptors (Lipinski definition) is 4. The van der Waals surface area contributed by atoms with Crippen LogP contribution in [-0.2, 0) is 14.8 Å². The molecule has 0 heterocycles. The third-order valence-corrected chi connectivity index (χ3v) is 5.12. The number of carbonyl (C=O) groups excluding carboxylic acids is 1. The molecule has 0 atom stereocenters. The van der Waals surface area contributed by atoms with Crippen molar-refractivity contribution in [3.63, 3.8) is 0 Å². The van der Waals surface area contributed by atoms with Crippen LogP contribution in [0.15, 0.2) is 42.5 Å². The monoisotopic (exact) mass is 390 g/mol. The van der Waals surface area contributed by atoms with E-state index in [4.69, 9.17) is 4.74 Å². The Morgan fingerprint density at radius 1 is 1.00 bits per heavy atom. The Bertz CT molecular complexity index is 872. The van der Waals surface area contributed by atoms with E-state index in [0.717, 1.165) is 22.9 Å². The fraction of sp³-hybridized carbons (Fsp3) is 0.350. The van der Waals surface area contributed by atoms with Gasteiger partial charge in [0.15, 0.2) is 6.61 Å². The molecule has 0 aromatic heterocycles. The summed E-state index contributed by atoms with van der Waals surface area (Å²) in [6, 6.07) is 13.0. The molecule has 1 amide bonds. The summed E-state index contributed by atoms with van der Waals surface area (Å²) in [5.74, 6) is 0.313. The normalized spacial score (nSPS) is 11.1. The van der Waals surface area contributed by atoms with Gasteiger partial charge in [-0.25, -0.2) is 8.42 Å². The molecule has 0 saturated carbocycles. The molecule has 1 N–H and O–H groups in total. The molecule has 2 rings (SSSR count). The van der Waals surface area contributed by atoms with Crippen LogP contribution in [0.5, 0.6) is 5.75 Å². The molecule has 2 aromatic rings. The number of carbonyl (C=O) groups is 1. The van der Waals surface area contributed by atoms with Crippen molar-refractivity contribution in [2.75, 3.05) is 30.3 Å². The zero-order valence-corrected chi connectivity index (χ0v) is 17.0. The first-order valence-corrected chi connectivity index (χ1v) is 10.5. The van der Waals surface area contributed by atoms with Gasteiger partial charge in [0.2, 0.25) is 10.0 Å². The second kappa shape index (κ2) is 8.90. The summed E-state index contributed by atoms with van der Waals surface area (Å²) in [4.78, 5) is 12.0. The molecule has 0 radical (unpaired) electrons. The highest BCUT2D eigenvalue weighted by atomic mass is 32.2. The fourth-order valence-electron chi connectivity index (χ4n) is 2.71. The Morgan fingerprint density at radius 2 is 1.59 bits per heavy atom. The zero-order valence-electron chi connectivity index (χ0n) is 16.2. The molecule has 0 fully saturated rings. The second-order valence-corrected chi connectivity index (χ2v) is 8.54. The Kier molecular flexibility index (Phi) is 6.85. The minimum absolute atomic E-state index is 0.120. The van der Waals surface area contributed by atoms with Gasteiger partial charge in [-0.1, -0.05) is 23.8 Å². The molecular formula is C20H26N2O4S. The summed E-state index contributed by atoms with van der Waals surface area (Å²) in [6.07, 6.45) is 1.16. The molecule has 6 nitrogen and oxygen atoms in total. The maximum absolute atomic E-state index is 12.2. The molecule has 146 valence electrons. The van der Waals surface area contributed by atoms with Crippen molar-refractivity contribution in [1.29, 1.82) is 0 Å². The number of amides is 1. The van der Waals surface area contributed by atoms with E-state index in [1.165, 1.54) is 4.31 Å². The molecule has 2 aromatic carbocycles. The Hall–Kier alpha value is -2.54. The first-order chi connectivity index (χ1) is 12.6. The maximum Gasteiger partial charge on any atom is 0.258 e. The molecule has 0 spiro atoms. The van der Waals surface area contributed by atoms with E-state index in [-0.39, 0.29) is 25.6 Å². The lowest BCUT2D eigenvalue weighted by molar-refractivity contribution is -0.123. The van der Waals surface area contributed by atoms with E-state index >= 15 is 0 Å². The van der Waals surface area contributed by atoms with Crippen LogP contribution >= 0.6 is 0 Å². The van der Waals surface area contributed by atoms with Crippen molar-refractivity contribution in [3.8, 4) is 5.75 Å². The van der Waals surface area contributed by atoms with Gasteiger partial charge in [-0.3, -0.25) is 9.10 Å². The van der Waals surface area contributed by atoms with E-state index in [2.05, 4.69) is 5.32 Å². The summed E-state index contributed by atoms with van der Waals surface area (Å²) in [5.41, 5.74) is 3.67. The van der Waals surface area contributed by atoms with Gasteiger partial charge < -0.3 is 10.1 Å². The summed E-state index contributed by atoms with van der Waals surface area (Å²) in [7, 11) is -3.46. The highest BCUT2D eigenvalue weighted by Gasteiger charge is 2.18. The molecular weight excluding hydrogens is 364 g/mol. The van der Waals surface area contributed by atoms with Crippen molar-refractivity contribution in [3.05, 3.63) is 59.2 Å². The van der Waals surface area contributed by atoms with Gasteiger partial charge in [-0.15, -0.1) is 0 Å². The SMILES string of the molecule is Cc1ccc(OCC(=O)NCCN(c2cc(C)cc(C)c2)S(C)(=O)=O)cc1. The largest absolute Gasteiger partial charge is 0.484 e. The molecule has 0 aliphatic carbocycles. The minimum Gasteiger partial charge on any atom is -0.484 e. The molecule has 0 unspecified atom stereocenters. The predicted octanol–water partition coefficient (Wildman–Crippen LogP) is 2.57. The van der Waals surface area contributed by atoms with E-state index in [1.807, 2.05) is 51.1 Å². The minimum atomic E-state index is -3.46. The first-order valence-electron chi connectivity index (χ1n) is 8.67. The van der Waals surface area contributed by atoms with Gasteiger partial charge in [0.05, 0.1) is 18.5 Å². The van der Waals surface area contributed by atoms with E-state index in [9.17, 15) is 13.2 Å². The fourth-order valence-corrected chi connectivity index (χ4v) is 3.62. The quantitative estimate of drug-likeness (QED) is 0.752. The zero-order chi connectivity index (χ0) is 20.0. The number of aryl methyl sites for hydroxylation is 3. The molecule has 27 heavy (non-hydrogen) atoms. The van der Waals surface area contributed by atoms with Gasteiger partial charge in [-0.05, 0) is 56.2 Å². The summed E-state index contributed by atoms with van der Waals surface area (Å²) in [5, 5.41) is 2.70. The molecule has 0 saturated heterocycles. The van der Waals surface area contributed by atoms with Gasteiger partial charge in [0, 0.05) is 6.54 Å². The van der Waals surface area contributed by atoms with Gasteiger partial charge in [0.1, 0.15) is 5.75 Å². The predicted molar refractivity (Wildman–Crippen MR) is 108 cm³/mol. The van der Waals surface area contributed by atoms with Crippen LogP contribution in [0.25, 0.3) is 0 Å². The number of sulfonamides is 1. The van der Waals surface area contributed by atoms with Crippen molar-refractivity contribution >= 4 is 21.6 Å². The lowest BCUT2D eigenvalue weighted by Gasteiger charge is -2.23. The van der Waals surface area contributed by atoms with Gasteiger partial charge >= 0.3 is 0 Å². The second-order valence-electron chi connectivity index (χ2n) is 6.63. The third-order valence-electron chi connectivity index (χ3n) is 3.92. The molecule has 0 aliphatic heterocycles. The van der Waals surface area contributed by atoms with Gasteiger partial charge in [0.25, 0.3) is 5.91 Å². The van der Waals surface area contributed by atoms with Crippen LogP contribution in [0.3, 0.4) is 0 Å². The lowest BCUT2D eigenvalue weighted by atomic mass is 10.1. The highest BCUT2D eigenvalue weighted by Crippen LogP contribution is 2.20. The van der Waals surface area contributed by atoms with Crippen LogP contribution in [0, 0.1) is 20.8 Å². The molecule has 7 heteroatoms. The van der Waals surface area contributed by atoms with Crippen LogP contribution in [-0.4, -0.2) is 40.3 Å². The van der Waals surface area contributed by atoms with Crippen molar-refractivity contribution in [2.45, 2.75) is 20.8 Å². The topological polar surface area (TPSA) is 75.7 Å². The number of rotatable bonds is 8. The Balaban J connectivity index is 1.91. The van der Waals surface area contributed by atoms with Crippen LogP contribution in [0.1, 0.15) is 16.7 Å². The smallest absolute Gasteiger partial charge is 0.258 e. The average Bonchev–Trinajstić information content (AvgIpc) is 2.56. The number of benzene rings is 2. The third kappa shape index (κ3) is 6.60. The van der Waals surface area contributed by atoms with E-state index < -0.39 is 10.0 Å². The average molecular weight is 391 g/mol.